The Morgan fingerprint density at radius 3 is 2.81 bits per heavy atom. The Balaban J connectivity index is 2.10. The molecule has 82 valence electrons. The minimum atomic E-state index is -0.587. The van der Waals surface area contributed by atoms with E-state index in [-0.39, 0.29) is 5.91 Å². The summed E-state index contributed by atoms with van der Waals surface area (Å²) in [5, 5.41) is 6.49. The van der Waals surface area contributed by atoms with Crippen molar-refractivity contribution in [1.82, 2.24) is 14.8 Å². The maximum Gasteiger partial charge on any atom is 0.276 e. The summed E-state index contributed by atoms with van der Waals surface area (Å²) < 4.78 is 14.0. The van der Waals surface area contributed by atoms with Crippen LogP contribution in [0.2, 0.25) is 0 Å². The molecule has 1 amide bonds. The number of hydrogen-bond acceptors (Lipinski definition) is 3. The zero-order chi connectivity index (χ0) is 11.5. The number of rotatable bonds is 2. The molecule has 0 atom stereocenters. The molecule has 0 radical (unpaired) electrons. The molecule has 2 aromatic heterocycles. The van der Waals surface area contributed by atoms with E-state index in [1.54, 1.807) is 19.3 Å². The molecule has 5 nitrogen and oxygen atoms in total. The average Bonchev–Trinajstić information content (AvgIpc) is 2.68. The van der Waals surface area contributed by atoms with Gasteiger partial charge >= 0.3 is 0 Å². The molecule has 0 spiro atoms. The standard InChI is InChI=1S/C10H9FN4O/c1-15-5-4-8(14-15)10(16)13-7-2-3-9(11)12-6-7/h2-6H,1H3,(H,13,16). The van der Waals surface area contributed by atoms with Crippen molar-refractivity contribution in [3.05, 3.63) is 42.2 Å². The number of pyridine rings is 1. The van der Waals surface area contributed by atoms with E-state index in [0.29, 0.717) is 11.4 Å². The van der Waals surface area contributed by atoms with Gasteiger partial charge in [0.2, 0.25) is 5.95 Å². The summed E-state index contributed by atoms with van der Waals surface area (Å²) in [7, 11) is 1.72. The molecule has 2 heterocycles. The van der Waals surface area contributed by atoms with Gasteiger partial charge in [-0.05, 0) is 18.2 Å². The zero-order valence-electron chi connectivity index (χ0n) is 8.51. The van der Waals surface area contributed by atoms with Crippen molar-refractivity contribution in [3.63, 3.8) is 0 Å². The van der Waals surface area contributed by atoms with Gasteiger partial charge < -0.3 is 5.32 Å². The van der Waals surface area contributed by atoms with E-state index < -0.39 is 5.95 Å². The van der Waals surface area contributed by atoms with E-state index >= 15 is 0 Å². The number of anilines is 1. The van der Waals surface area contributed by atoms with Crippen LogP contribution in [0.4, 0.5) is 10.1 Å². The minimum Gasteiger partial charge on any atom is -0.319 e. The van der Waals surface area contributed by atoms with E-state index in [0.717, 1.165) is 0 Å². The van der Waals surface area contributed by atoms with Gasteiger partial charge in [0.05, 0.1) is 11.9 Å². The predicted molar refractivity (Wildman–Crippen MR) is 55.4 cm³/mol. The van der Waals surface area contributed by atoms with Crippen molar-refractivity contribution in [1.29, 1.82) is 0 Å². The van der Waals surface area contributed by atoms with Crippen molar-refractivity contribution in [3.8, 4) is 0 Å². The highest BCUT2D eigenvalue weighted by Gasteiger charge is 2.08. The van der Waals surface area contributed by atoms with Gasteiger partial charge in [0, 0.05) is 13.2 Å². The third kappa shape index (κ3) is 2.22. The van der Waals surface area contributed by atoms with Gasteiger partial charge in [-0.1, -0.05) is 0 Å². The molecule has 2 rings (SSSR count). The highest BCUT2D eigenvalue weighted by molar-refractivity contribution is 6.02. The summed E-state index contributed by atoms with van der Waals surface area (Å²) in [6.45, 7) is 0. The molecular weight excluding hydrogens is 211 g/mol. The van der Waals surface area contributed by atoms with Crippen LogP contribution in [0.1, 0.15) is 10.5 Å². The molecule has 0 unspecified atom stereocenters. The third-order valence-electron chi connectivity index (χ3n) is 1.93. The second-order valence-electron chi connectivity index (χ2n) is 3.20. The van der Waals surface area contributed by atoms with E-state index in [4.69, 9.17) is 0 Å². The normalized spacial score (nSPS) is 10.1. The third-order valence-corrected chi connectivity index (χ3v) is 1.93. The van der Waals surface area contributed by atoms with Gasteiger partial charge in [0.1, 0.15) is 0 Å². The topological polar surface area (TPSA) is 59.8 Å². The first-order chi connectivity index (χ1) is 7.65. The lowest BCUT2D eigenvalue weighted by Gasteiger charge is -2.01. The highest BCUT2D eigenvalue weighted by Crippen LogP contribution is 2.07. The van der Waals surface area contributed by atoms with Crippen molar-refractivity contribution in [2.75, 3.05) is 5.32 Å². The summed E-state index contributed by atoms with van der Waals surface area (Å²) in [6.07, 6.45) is 2.91. The maximum absolute atomic E-state index is 12.5. The molecule has 0 bridgehead atoms. The molecule has 0 saturated carbocycles. The predicted octanol–water partition coefficient (Wildman–Crippen LogP) is 1.21. The molecule has 6 heteroatoms. The van der Waals surface area contributed by atoms with E-state index in [1.165, 1.54) is 23.0 Å². The Morgan fingerprint density at radius 1 is 1.44 bits per heavy atom. The summed E-state index contributed by atoms with van der Waals surface area (Å²) in [5.74, 6) is -0.940. The quantitative estimate of drug-likeness (QED) is 0.774. The molecule has 0 fully saturated rings. The second kappa shape index (κ2) is 4.09. The number of nitrogens with one attached hydrogen (secondary N) is 1. The largest absolute Gasteiger partial charge is 0.319 e. The van der Waals surface area contributed by atoms with Crippen LogP contribution in [-0.2, 0) is 7.05 Å². The lowest BCUT2D eigenvalue weighted by molar-refractivity contribution is 0.102. The van der Waals surface area contributed by atoms with Crippen LogP contribution >= 0.6 is 0 Å². The monoisotopic (exact) mass is 220 g/mol. The molecule has 0 aromatic carbocycles. The van der Waals surface area contributed by atoms with Crippen molar-refractivity contribution in [2.24, 2.45) is 7.05 Å². The molecular formula is C10H9FN4O. The van der Waals surface area contributed by atoms with Gasteiger partial charge in [-0.25, -0.2) is 4.98 Å². The Bertz CT molecular complexity index is 506. The number of halogens is 1. The Labute approximate surface area is 90.9 Å². The van der Waals surface area contributed by atoms with Gasteiger partial charge in [-0.2, -0.15) is 9.49 Å². The molecule has 2 aromatic rings. The summed E-state index contributed by atoms with van der Waals surface area (Å²) in [5.41, 5.74) is 0.726. The highest BCUT2D eigenvalue weighted by atomic mass is 19.1. The van der Waals surface area contributed by atoms with Crippen molar-refractivity contribution in [2.45, 2.75) is 0 Å². The molecule has 0 saturated heterocycles. The average molecular weight is 220 g/mol. The van der Waals surface area contributed by atoms with Gasteiger partial charge in [0.15, 0.2) is 5.69 Å². The summed E-state index contributed by atoms with van der Waals surface area (Å²) >= 11 is 0. The first-order valence-corrected chi connectivity index (χ1v) is 4.58. The van der Waals surface area contributed by atoms with Gasteiger partial charge in [0.25, 0.3) is 5.91 Å². The van der Waals surface area contributed by atoms with Crippen LogP contribution in [0.3, 0.4) is 0 Å². The lowest BCUT2D eigenvalue weighted by atomic mass is 10.3. The number of amides is 1. The number of carbonyl (C=O) groups excluding carboxylic acids is 1. The minimum absolute atomic E-state index is 0.298. The lowest BCUT2D eigenvalue weighted by Crippen LogP contribution is -2.13. The number of carbonyl (C=O) groups is 1. The van der Waals surface area contributed by atoms with Crippen LogP contribution in [0.15, 0.2) is 30.6 Å². The molecule has 1 N–H and O–H groups in total. The molecule has 16 heavy (non-hydrogen) atoms. The summed E-state index contributed by atoms with van der Waals surface area (Å²) in [6, 6.07) is 4.20. The molecule has 0 aliphatic heterocycles. The molecule has 0 aliphatic carbocycles. The van der Waals surface area contributed by atoms with Gasteiger partial charge in [-0.3, -0.25) is 9.48 Å². The Morgan fingerprint density at radius 2 is 2.25 bits per heavy atom. The van der Waals surface area contributed by atoms with Crippen LogP contribution in [0.5, 0.6) is 0 Å². The van der Waals surface area contributed by atoms with E-state index in [1.807, 2.05) is 0 Å². The maximum atomic E-state index is 12.5. The number of nitrogens with zero attached hydrogens (tertiary/aromatic N) is 3. The second-order valence-corrected chi connectivity index (χ2v) is 3.20. The fourth-order valence-corrected chi connectivity index (χ4v) is 1.18. The first kappa shape index (κ1) is 10.3. The van der Waals surface area contributed by atoms with Crippen LogP contribution in [-0.4, -0.2) is 20.7 Å². The van der Waals surface area contributed by atoms with E-state index in [2.05, 4.69) is 15.4 Å². The van der Waals surface area contributed by atoms with Gasteiger partial charge in [-0.15, -0.1) is 0 Å². The van der Waals surface area contributed by atoms with Crippen molar-refractivity contribution < 1.29 is 9.18 Å². The molecule has 0 aliphatic rings. The SMILES string of the molecule is Cn1ccc(C(=O)Nc2ccc(F)nc2)n1. The fraction of sp³-hybridized carbons (Fsp3) is 0.100. The number of aromatic nitrogens is 3. The van der Waals surface area contributed by atoms with Crippen LogP contribution in [0, 0.1) is 5.95 Å². The van der Waals surface area contributed by atoms with Crippen LogP contribution in [0.25, 0.3) is 0 Å². The van der Waals surface area contributed by atoms with E-state index in [9.17, 15) is 9.18 Å². The number of aryl methyl sites for hydroxylation is 1. The fourth-order valence-electron chi connectivity index (χ4n) is 1.18. The Hall–Kier alpha value is -2.24. The zero-order valence-corrected chi connectivity index (χ0v) is 8.51. The Kier molecular flexibility index (Phi) is 2.63. The first-order valence-electron chi connectivity index (χ1n) is 4.58. The number of hydrogen-bond donors (Lipinski definition) is 1. The van der Waals surface area contributed by atoms with Crippen molar-refractivity contribution >= 4 is 11.6 Å². The smallest absolute Gasteiger partial charge is 0.276 e. The summed E-state index contributed by atoms with van der Waals surface area (Å²) in [4.78, 5) is 15.0. The van der Waals surface area contributed by atoms with Crippen LogP contribution < -0.4 is 5.32 Å².